The molecule has 1 saturated heterocycles. The SMILES string of the molecule is COc1ccc(C(OCC2OC(n3cnc4c(=O)[nH]c(NC(=O)CCNC(=O)c5ccsc5)nc43)CC2OP(OCCC#N)N(C(C)C)C(C)C)(c2ccccc2)c2ccc(OC)cc2)cc1. The molecule has 4 unspecified atom stereocenters. The van der Waals surface area contributed by atoms with Crippen molar-refractivity contribution in [3.8, 4) is 17.6 Å². The van der Waals surface area contributed by atoms with Crippen molar-refractivity contribution in [1.29, 1.82) is 5.26 Å². The van der Waals surface area contributed by atoms with Crippen LogP contribution in [0, 0.1) is 11.3 Å². The number of rotatable bonds is 22. The largest absolute Gasteiger partial charge is 0.497 e. The summed E-state index contributed by atoms with van der Waals surface area (Å²) >= 11 is 1.40. The zero-order valence-electron chi connectivity index (χ0n) is 38.2. The van der Waals surface area contributed by atoms with Gasteiger partial charge in [-0.3, -0.25) is 29.3 Å². The monoisotopic (exact) mass is 950 g/mol. The number of aromatic nitrogens is 4. The number of amides is 2. The van der Waals surface area contributed by atoms with Gasteiger partial charge in [-0.05, 0) is 80.1 Å². The smallest absolute Gasteiger partial charge is 0.280 e. The molecule has 3 aromatic heterocycles. The van der Waals surface area contributed by atoms with Gasteiger partial charge in [-0.15, -0.1) is 0 Å². The topological polar surface area (TPSA) is 204 Å². The first-order valence-corrected chi connectivity index (χ1v) is 24.0. The van der Waals surface area contributed by atoms with Crippen LogP contribution >= 0.6 is 19.9 Å². The second-order valence-corrected chi connectivity index (χ2v) is 18.4. The summed E-state index contributed by atoms with van der Waals surface area (Å²) in [5, 5.41) is 18.3. The fourth-order valence-electron chi connectivity index (χ4n) is 8.00. The molecule has 0 spiro atoms. The summed E-state index contributed by atoms with van der Waals surface area (Å²) in [6.45, 7) is 8.51. The lowest BCUT2D eigenvalue weighted by molar-refractivity contribution is -0.116. The van der Waals surface area contributed by atoms with Gasteiger partial charge in [0.25, 0.3) is 20.0 Å². The molecule has 4 heterocycles. The first-order valence-electron chi connectivity index (χ1n) is 21.9. The van der Waals surface area contributed by atoms with Gasteiger partial charge in [0.05, 0.1) is 52.4 Å². The van der Waals surface area contributed by atoms with E-state index in [2.05, 4.69) is 64.0 Å². The highest BCUT2D eigenvalue weighted by atomic mass is 32.1. The summed E-state index contributed by atoms with van der Waals surface area (Å²) in [6.07, 6.45) is -0.315. The van der Waals surface area contributed by atoms with Gasteiger partial charge in [-0.25, -0.2) is 9.65 Å². The van der Waals surface area contributed by atoms with Gasteiger partial charge >= 0.3 is 0 Å². The lowest BCUT2D eigenvalue weighted by atomic mass is 9.80. The molecule has 67 heavy (non-hydrogen) atoms. The van der Waals surface area contributed by atoms with Crippen LogP contribution in [-0.4, -0.2) is 94.3 Å². The number of aromatic amines is 1. The van der Waals surface area contributed by atoms with E-state index in [1.54, 1.807) is 35.6 Å². The van der Waals surface area contributed by atoms with Gasteiger partial charge in [0, 0.05) is 42.4 Å². The molecule has 1 aliphatic rings. The van der Waals surface area contributed by atoms with Crippen LogP contribution in [0.5, 0.6) is 11.5 Å². The zero-order chi connectivity index (χ0) is 47.5. The number of nitriles is 1. The number of imidazole rings is 1. The van der Waals surface area contributed by atoms with Crippen LogP contribution in [0.1, 0.15) is 80.2 Å². The Labute approximate surface area is 394 Å². The molecule has 7 rings (SSSR count). The average molecular weight is 951 g/mol. The maximum absolute atomic E-state index is 13.4. The Hall–Kier alpha value is -6.03. The molecule has 3 aromatic carbocycles. The minimum absolute atomic E-state index is 0.00371. The van der Waals surface area contributed by atoms with Crippen molar-refractivity contribution in [2.75, 3.05) is 39.3 Å². The summed E-state index contributed by atoms with van der Waals surface area (Å²) in [6, 6.07) is 29.3. The van der Waals surface area contributed by atoms with Crippen molar-refractivity contribution in [1.82, 2.24) is 29.5 Å². The van der Waals surface area contributed by atoms with Crippen LogP contribution < -0.4 is 25.7 Å². The van der Waals surface area contributed by atoms with E-state index < -0.39 is 44.0 Å². The second-order valence-electron chi connectivity index (χ2n) is 16.2. The number of nitrogens with zero attached hydrogens (tertiary/aromatic N) is 5. The molecule has 17 nitrogen and oxygen atoms in total. The Kier molecular flexibility index (Phi) is 16.5. The fraction of sp³-hybridized carbons (Fsp3) is 0.375. The Morgan fingerprint density at radius 1 is 0.985 bits per heavy atom. The lowest BCUT2D eigenvalue weighted by Gasteiger charge is -2.39. The standard InChI is InChI=1S/C48H55N8O9PS/c1-31(2)56(32(3)4)66(63-25-10-23-49)65-39-27-42(55-30-51-43-44(55)53-47(54-46(43)59)52-41(57)21-24-50-45(58)33-22-26-67-29-33)64-40(39)28-62-48(34-11-8-7-9-12-34,35-13-17-37(60-5)18-14-35)36-15-19-38(61-6)20-16-36/h7-9,11-20,22,26,29-32,39-40,42H,10,21,24-25,27-28H2,1-6H3,(H,50,58)(H2,52,53,54,57,59). The highest BCUT2D eigenvalue weighted by molar-refractivity contribution is 7.44. The van der Waals surface area contributed by atoms with E-state index in [1.807, 2.05) is 78.9 Å². The molecule has 3 N–H and O–H groups in total. The average Bonchev–Trinajstić information content (AvgIpc) is 4.11. The number of carbonyl (C=O) groups is 2. The quantitative estimate of drug-likeness (QED) is 0.0337. The number of nitrogens with one attached hydrogen (secondary N) is 3. The number of hydrogen-bond acceptors (Lipinski definition) is 14. The molecule has 352 valence electrons. The maximum atomic E-state index is 13.4. The maximum Gasteiger partial charge on any atom is 0.280 e. The molecule has 1 fully saturated rings. The first kappa shape index (κ1) is 48.9. The number of thiophene rings is 1. The van der Waals surface area contributed by atoms with Gasteiger partial charge in [0.2, 0.25) is 11.9 Å². The molecule has 0 saturated carbocycles. The van der Waals surface area contributed by atoms with Crippen molar-refractivity contribution < 1.29 is 37.6 Å². The number of benzene rings is 3. The molecular weight excluding hydrogens is 896 g/mol. The Balaban J connectivity index is 1.24. The van der Waals surface area contributed by atoms with E-state index in [1.165, 1.54) is 17.7 Å². The number of hydrogen-bond donors (Lipinski definition) is 3. The lowest BCUT2D eigenvalue weighted by Crippen LogP contribution is -2.39. The molecule has 2 amide bonds. The fourth-order valence-corrected chi connectivity index (χ4v) is 10.4. The number of carbonyl (C=O) groups excluding carboxylic acids is 2. The third kappa shape index (κ3) is 11.4. The van der Waals surface area contributed by atoms with Crippen molar-refractivity contribution in [3.05, 3.63) is 135 Å². The van der Waals surface area contributed by atoms with Crippen LogP contribution in [0.2, 0.25) is 0 Å². The summed E-state index contributed by atoms with van der Waals surface area (Å²) in [4.78, 5) is 50.5. The van der Waals surface area contributed by atoms with E-state index in [0.29, 0.717) is 17.1 Å². The molecule has 0 radical (unpaired) electrons. The normalized spacial score (nSPS) is 16.6. The van der Waals surface area contributed by atoms with Gasteiger partial charge in [0.15, 0.2) is 11.2 Å². The van der Waals surface area contributed by atoms with Crippen LogP contribution in [-0.2, 0) is 28.9 Å². The highest BCUT2D eigenvalue weighted by Gasteiger charge is 2.45. The second kappa shape index (κ2) is 22.6. The third-order valence-corrected chi connectivity index (χ3v) is 14.0. The predicted octanol–water partition coefficient (Wildman–Crippen LogP) is 7.91. The first-order chi connectivity index (χ1) is 32.4. The number of methoxy groups -OCH3 is 2. The summed E-state index contributed by atoms with van der Waals surface area (Å²) in [5.74, 6) is 0.512. The van der Waals surface area contributed by atoms with Gasteiger partial charge < -0.3 is 33.3 Å². The predicted molar refractivity (Wildman–Crippen MR) is 255 cm³/mol. The molecule has 1 aliphatic heterocycles. The van der Waals surface area contributed by atoms with Crippen molar-refractivity contribution in [3.63, 3.8) is 0 Å². The molecule has 19 heteroatoms. The zero-order valence-corrected chi connectivity index (χ0v) is 39.9. The van der Waals surface area contributed by atoms with Crippen LogP contribution in [0.3, 0.4) is 0 Å². The van der Waals surface area contributed by atoms with Crippen LogP contribution in [0.4, 0.5) is 5.95 Å². The van der Waals surface area contributed by atoms with Gasteiger partial charge in [0.1, 0.15) is 29.4 Å². The van der Waals surface area contributed by atoms with Crippen LogP contribution in [0.25, 0.3) is 11.2 Å². The van der Waals surface area contributed by atoms with E-state index in [9.17, 15) is 19.6 Å². The highest BCUT2D eigenvalue weighted by Crippen LogP contribution is 2.51. The molecular formula is C48H55N8O9PS. The minimum atomic E-state index is -1.74. The third-order valence-electron chi connectivity index (χ3n) is 11.1. The van der Waals surface area contributed by atoms with Crippen molar-refractivity contribution in [2.24, 2.45) is 0 Å². The Morgan fingerprint density at radius 3 is 2.24 bits per heavy atom. The number of ether oxygens (including phenoxy) is 4. The number of anilines is 1. The van der Waals surface area contributed by atoms with Gasteiger partial charge in [-0.1, -0.05) is 54.6 Å². The van der Waals surface area contributed by atoms with E-state index >= 15 is 0 Å². The Bertz CT molecular complexity index is 2600. The summed E-state index contributed by atoms with van der Waals surface area (Å²) in [5.41, 5.74) is 1.48. The summed E-state index contributed by atoms with van der Waals surface area (Å²) in [7, 11) is 1.51. The minimum Gasteiger partial charge on any atom is -0.497 e. The van der Waals surface area contributed by atoms with Crippen molar-refractivity contribution in [2.45, 2.75) is 83.1 Å². The Morgan fingerprint density at radius 2 is 1.64 bits per heavy atom. The van der Waals surface area contributed by atoms with Gasteiger partial charge in [-0.2, -0.15) is 21.6 Å². The molecule has 4 atom stereocenters. The van der Waals surface area contributed by atoms with E-state index in [4.69, 9.17) is 28.0 Å². The van der Waals surface area contributed by atoms with E-state index in [-0.39, 0.29) is 74.1 Å². The van der Waals surface area contributed by atoms with Crippen LogP contribution in [0.15, 0.2) is 107 Å². The molecule has 6 aromatic rings. The van der Waals surface area contributed by atoms with Crippen molar-refractivity contribution >= 4 is 48.8 Å². The number of H-pyrrole nitrogens is 1. The molecule has 0 bridgehead atoms. The van der Waals surface area contributed by atoms with E-state index in [0.717, 1.165) is 16.7 Å². The number of fused-ring (bicyclic) bond motifs is 1. The summed E-state index contributed by atoms with van der Waals surface area (Å²) < 4.78 is 42.6. The molecule has 0 aliphatic carbocycles.